The van der Waals surface area contributed by atoms with Gasteiger partial charge in [0.1, 0.15) is 0 Å². The summed E-state index contributed by atoms with van der Waals surface area (Å²) in [5.74, 6) is 0.531. The Bertz CT molecular complexity index is 258. The van der Waals surface area contributed by atoms with E-state index in [0.29, 0.717) is 24.5 Å². The molecule has 0 aliphatic carbocycles. The summed E-state index contributed by atoms with van der Waals surface area (Å²) in [6, 6.07) is 1.20. The molecule has 0 saturated carbocycles. The Morgan fingerprint density at radius 1 is 1.28 bits per heavy atom. The van der Waals surface area contributed by atoms with Crippen molar-refractivity contribution >= 4 is 0 Å². The van der Waals surface area contributed by atoms with Crippen LogP contribution in [-0.2, 0) is 4.74 Å². The molecular formula is C14H29N3O. The smallest absolute Gasteiger partial charge is 0.0513 e. The molecule has 2 fully saturated rings. The highest BCUT2D eigenvalue weighted by atomic mass is 16.5. The van der Waals surface area contributed by atoms with Gasteiger partial charge in [0, 0.05) is 36.7 Å². The number of ether oxygens (including phenoxy) is 1. The van der Waals surface area contributed by atoms with Gasteiger partial charge in [-0.25, -0.2) is 10.4 Å². The Morgan fingerprint density at radius 2 is 1.94 bits per heavy atom. The Balaban J connectivity index is 2.03. The summed E-state index contributed by atoms with van der Waals surface area (Å²) in [5, 5.41) is 2.44. The lowest BCUT2D eigenvalue weighted by atomic mass is 9.85. The summed E-state index contributed by atoms with van der Waals surface area (Å²) in [7, 11) is 0. The van der Waals surface area contributed by atoms with Crippen LogP contribution in [-0.4, -0.2) is 42.4 Å². The van der Waals surface area contributed by atoms with Gasteiger partial charge in [0.2, 0.25) is 0 Å². The molecule has 4 heteroatoms. The molecule has 106 valence electrons. The normalized spacial score (nSPS) is 37.7. The fourth-order valence-corrected chi connectivity index (χ4v) is 3.28. The van der Waals surface area contributed by atoms with E-state index in [1.165, 1.54) is 19.3 Å². The molecule has 2 saturated heterocycles. The summed E-state index contributed by atoms with van der Waals surface area (Å²) >= 11 is 0. The minimum atomic E-state index is -0.0314. The summed E-state index contributed by atoms with van der Waals surface area (Å²) in [6.45, 7) is 9.26. The molecule has 3 N–H and O–H groups in total. The van der Waals surface area contributed by atoms with Crippen LogP contribution in [0.2, 0.25) is 0 Å². The first-order valence-corrected chi connectivity index (χ1v) is 7.41. The largest absolute Gasteiger partial charge is 0.381 e. The summed E-state index contributed by atoms with van der Waals surface area (Å²) in [4.78, 5) is 0. The van der Waals surface area contributed by atoms with Crippen molar-refractivity contribution in [1.29, 1.82) is 0 Å². The monoisotopic (exact) mass is 255 g/mol. The molecule has 2 aliphatic rings. The number of nitrogens with one attached hydrogen (secondary N) is 1. The quantitative estimate of drug-likeness (QED) is 0.799. The lowest BCUT2D eigenvalue weighted by molar-refractivity contribution is -0.0124. The van der Waals surface area contributed by atoms with E-state index < -0.39 is 0 Å². The number of nitrogens with two attached hydrogens (primary N) is 1. The van der Waals surface area contributed by atoms with Crippen molar-refractivity contribution in [3.63, 3.8) is 0 Å². The maximum atomic E-state index is 6.05. The number of hydrogen-bond donors (Lipinski definition) is 2. The van der Waals surface area contributed by atoms with Crippen LogP contribution >= 0.6 is 0 Å². The van der Waals surface area contributed by atoms with Gasteiger partial charge in [-0.3, -0.25) is 0 Å². The standard InChI is InChI=1S/C14H29N3O/c1-11-5-4-6-12(2)17(11)16-14(3,10-15)13-7-8-18-9-13/h11-13,16H,4-10,15H2,1-3H3. The van der Waals surface area contributed by atoms with Gasteiger partial charge >= 0.3 is 0 Å². The lowest BCUT2D eigenvalue weighted by Gasteiger charge is -2.47. The highest BCUT2D eigenvalue weighted by Crippen LogP contribution is 2.28. The minimum absolute atomic E-state index is 0.0314. The summed E-state index contributed by atoms with van der Waals surface area (Å²) in [5.41, 5.74) is 9.77. The van der Waals surface area contributed by atoms with Crippen LogP contribution in [0.25, 0.3) is 0 Å². The van der Waals surface area contributed by atoms with Gasteiger partial charge in [0.25, 0.3) is 0 Å². The zero-order valence-electron chi connectivity index (χ0n) is 12.1. The van der Waals surface area contributed by atoms with Gasteiger partial charge < -0.3 is 10.5 Å². The van der Waals surface area contributed by atoms with Crippen molar-refractivity contribution in [1.82, 2.24) is 10.4 Å². The SMILES string of the molecule is CC1CCCC(C)N1NC(C)(CN)C1CCOC1. The predicted molar refractivity (Wildman–Crippen MR) is 74.1 cm³/mol. The molecular weight excluding hydrogens is 226 g/mol. The molecule has 2 aliphatic heterocycles. The molecule has 0 aromatic heterocycles. The fourth-order valence-electron chi connectivity index (χ4n) is 3.28. The molecule has 2 rings (SSSR count). The molecule has 0 amide bonds. The van der Waals surface area contributed by atoms with Gasteiger partial charge in [-0.2, -0.15) is 0 Å². The number of nitrogens with zero attached hydrogens (tertiary/aromatic N) is 1. The number of rotatable bonds is 4. The summed E-state index contributed by atoms with van der Waals surface area (Å²) in [6.07, 6.45) is 5.02. The first-order valence-electron chi connectivity index (χ1n) is 7.41. The Hall–Kier alpha value is -0.160. The van der Waals surface area contributed by atoms with Crippen molar-refractivity contribution in [3.05, 3.63) is 0 Å². The highest BCUT2D eigenvalue weighted by molar-refractivity contribution is 4.94. The zero-order valence-corrected chi connectivity index (χ0v) is 12.1. The third-order valence-electron chi connectivity index (χ3n) is 4.83. The Morgan fingerprint density at radius 3 is 2.44 bits per heavy atom. The molecule has 2 heterocycles. The average molecular weight is 255 g/mol. The van der Waals surface area contributed by atoms with Gasteiger partial charge in [0.05, 0.1) is 6.61 Å². The first kappa shape index (κ1) is 14.3. The molecule has 4 unspecified atom stereocenters. The maximum absolute atomic E-state index is 6.05. The number of hydrogen-bond acceptors (Lipinski definition) is 4. The molecule has 0 aromatic rings. The van der Waals surface area contributed by atoms with Crippen molar-refractivity contribution in [2.45, 2.75) is 64.1 Å². The van der Waals surface area contributed by atoms with Crippen molar-refractivity contribution < 1.29 is 4.74 Å². The second-order valence-corrected chi connectivity index (χ2v) is 6.33. The lowest BCUT2D eigenvalue weighted by Crippen LogP contribution is -2.65. The van der Waals surface area contributed by atoms with Gasteiger partial charge in [-0.05, 0) is 40.0 Å². The Labute approximate surface area is 111 Å². The van der Waals surface area contributed by atoms with E-state index in [1.807, 2.05) is 0 Å². The molecule has 0 radical (unpaired) electrons. The van der Waals surface area contributed by atoms with Crippen LogP contribution in [0.15, 0.2) is 0 Å². The van der Waals surface area contributed by atoms with E-state index in [1.54, 1.807) is 0 Å². The average Bonchev–Trinajstić information content (AvgIpc) is 2.88. The van der Waals surface area contributed by atoms with Crippen LogP contribution in [0, 0.1) is 5.92 Å². The van der Waals surface area contributed by atoms with Gasteiger partial charge in [0.15, 0.2) is 0 Å². The van der Waals surface area contributed by atoms with Crippen LogP contribution in [0.3, 0.4) is 0 Å². The molecule has 0 aromatic carbocycles. The van der Waals surface area contributed by atoms with Crippen LogP contribution in [0.1, 0.15) is 46.5 Å². The third-order valence-corrected chi connectivity index (χ3v) is 4.83. The Kier molecular flexibility index (Phi) is 4.64. The fraction of sp³-hybridized carbons (Fsp3) is 1.00. The molecule has 4 atom stereocenters. The van der Waals surface area contributed by atoms with E-state index in [4.69, 9.17) is 10.5 Å². The number of piperidine rings is 1. The van der Waals surface area contributed by atoms with Crippen molar-refractivity contribution in [3.8, 4) is 0 Å². The molecule has 0 spiro atoms. The second kappa shape index (κ2) is 5.87. The van der Waals surface area contributed by atoms with Gasteiger partial charge in [-0.15, -0.1) is 0 Å². The van der Waals surface area contributed by atoms with E-state index in [9.17, 15) is 0 Å². The molecule has 0 bridgehead atoms. The van der Waals surface area contributed by atoms with Crippen LogP contribution in [0.5, 0.6) is 0 Å². The van der Waals surface area contributed by atoms with Gasteiger partial charge in [-0.1, -0.05) is 6.42 Å². The van der Waals surface area contributed by atoms with E-state index in [-0.39, 0.29) is 5.54 Å². The predicted octanol–water partition coefficient (Wildman–Crippen LogP) is 1.51. The number of hydrazine groups is 1. The first-order chi connectivity index (χ1) is 8.57. The van der Waals surface area contributed by atoms with Crippen LogP contribution in [0.4, 0.5) is 0 Å². The topological polar surface area (TPSA) is 50.5 Å². The zero-order chi connectivity index (χ0) is 13.2. The maximum Gasteiger partial charge on any atom is 0.0513 e. The minimum Gasteiger partial charge on any atom is -0.381 e. The second-order valence-electron chi connectivity index (χ2n) is 6.33. The summed E-state index contributed by atoms with van der Waals surface area (Å²) < 4.78 is 5.53. The molecule has 4 nitrogen and oxygen atoms in total. The van der Waals surface area contributed by atoms with E-state index in [2.05, 4.69) is 31.2 Å². The van der Waals surface area contributed by atoms with Crippen molar-refractivity contribution in [2.75, 3.05) is 19.8 Å². The van der Waals surface area contributed by atoms with E-state index >= 15 is 0 Å². The van der Waals surface area contributed by atoms with E-state index in [0.717, 1.165) is 19.6 Å². The molecule has 18 heavy (non-hydrogen) atoms. The van der Waals surface area contributed by atoms with Crippen LogP contribution < -0.4 is 11.2 Å². The van der Waals surface area contributed by atoms with Crippen molar-refractivity contribution in [2.24, 2.45) is 11.7 Å². The third kappa shape index (κ3) is 2.87. The highest BCUT2D eigenvalue weighted by Gasteiger charge is 2.39.